The van der Waals surface area contributed by atoms with Gasteiger partial charge in [-0.15, -0.1) is 0 Å². The molecule has 0 atom stereocenters. The van der Waals surface area contributed by atoms with Gasteiger partial charge in [0.05, 0.1) is 32.1 Å². The van der Waals surface area contributed by atoms with Gasteiger partial charge in [-0.05, 0) is 12.1 Å². The number of nitrogens with zero attached hydrogens (tertiary/aromatic N) is 2. The van der Waals surface area contributed by atoms with Crippen LogP contribution in [0.25, 0.3) is 0 Å². The molecule has 1 fully saturated rings. The fourth-order valence-electron chi connectivity index (χ4n) is 2.10. The van der Waals surface area contributed by atoms with Crippen molar-refractivity contribution in [2.45, 2.75) is 6.42 Å². The van der Waals surface area contributed by atoms with Crippen LogP contribution in [0.3, 0.4) is 0 Å². The predicted molar refractivity (Wildman–Crippen MR) is 74.9 cm³/mol. The lowest BCUT2D eigenvalue weighted by molar-refractivity contribution is -0.115. The van der Waals surface area contributed by atoms with Gasteiger partial charge in [-0.2, -0.15) is 5.26 Å². The zero-order valence-electron chi connectivity index (χ0n) is 11.4. The molecule has 1 aliphatic heterocycles. The summed E-state index contributed by atoms with van der Waals surface area (Å²) in [6.45, 7) is 3.03. The van der Waals surface area contributed by atoms with Crippen molar-refractivity contribution in [3.63, 3.8) is 0 Å². The Hall–Kier alpha value is -2.26. The Labute approximate surface area is 117 Å². The molecule has 6 nitrogen and oxygen atoms in total. The average molecular weight is 275 g/mol. The van der Waals surface area contributed by atoms with E-state index in [9.17, 15) is 4.79 Å². The number of anilines is 2. The number of nitriles is 1. The van der Waals surface area contributed by atoms with Crippen LogP contribution in [0.1, 0.15) is 6.42 Å². The maximum absolute atomic E-state index is 11.4. The number of morpholine rings is 1. The fraction of sp³-hybridized carbons (Fsp3) is 0.429. The first-order valence-corrected chi connectivity index (χ1v) is 6.42. The van der Waals surface area contributed by atoms with E-state index in [0.29, 0.717) is 24.7 Å². The number of carbonyl (C=O) groups is 1. The van der Waals surface area contributed by atoms with Crippen molar-refractivity contribution >= 4 is 17.3 Å². The van der Waals surface area contributed by atoms with Gasteiger partial charge in [-0.3, -0.25) is 4.79 Å². The second-order valence-corrected chi connectivity index (χ2v) is 4.37. The van der Waals surface area contributed by atoms with E-state index in [-0.39, 0.29) is 12.3 Å². The first-order chi connectivity index (χ1) is 9.74. The van der Waals surface area contributed by atoms with Gasteiger partial charge in [0, 0.05) is 24.8 Å². The van der Waals surface area contributed by atoms with Crippen LogP contribution in [0.15, 0.2) is 18.2 Å². The minimum absolute atomic E-state index is 0.159. The molecule has 0 unspecified atom stereocenters. The van der Waals surface area contributed by atoms with Gasteiger partial charge >= 0.3 is 0 Å². The molecule has 0 aliphatic carbocycles. The van der Waals surface area contributed by atoms with Gasteiger partial charge < -0.3 is 19.7 Å². The summed E-state index contributed by atoms with van der Waals surface area (Å²) in [4.78, 5) is 13.6. The van der Waals surface area contributed by atoms with Crippen LogP contribution in [0.5, 0.6) is 5.75 Å². The smallest absolute Gasteiger partial charge is 0.238 e. The van der Waals surface area contributed by atoms with Gasteiger partial charge in [-0.25, -0.2) is 0 Å². The summed E-state index contributed by atoms with van der Waals surface area (Å²) in [5.41, 5.74) is 1.60. The highest BCUT2D eigenvalue weighted by Gasteiger charge is 2.16. The van der Waals surface area contributed by atoms with Gasteiger partial charge in [0.15, 0.2) is 0 Å². The number of ether oxygens (including phenoxy) is 2. The van der Waals surface area contributed by atoms with Gasteiger partial charge in [0.2, 0.25) is 5.91 Å². The molecule has 20 heavy (non-hydrogen) atoms. The minimum atomic E-state index is -0.325. The molecule has 0 aromatic heterocycles. The van der Waals surface area contributed by atoms with E-state index in [1.165, 1.54) is 0 Å². The molecule has 1 aromatic carbocycles. The Balaban J connectivity index is 2.15. The standard InChI is InChI=1S/C14H17N3O3/c1-19-13-10-11(16-14(18)4-5-15)2-3-12(13)17-6-8-20-9-7-17/h2-3,10H,4,6-9H2,1H3,(H,16,18). The molecule has 1 heterocycles. The van der Waals surface area contributed by atoms with E-state index < -0.39 is 0 Å². The van der Waals surface area contributed by atoms with Gasteiger partial charge in [0.1, 0.15) is 12.2 Å². The number of hydrogen-bond donors (Lipinski definition) is 1. The SMILES string of the molecule is COc1cc(NC(=O)CC#N)ccc1N1CCOCC1. The van der Waals surface area contributed by atoms with E-state index in [2.05, 4.69) is 10.2 Å². The summed E-state index contributed by atoms with van der Waals surface area (Å²) in [6, 6.07) is 7.29. The van der Waals surface area contributed by atoms with Gasteiger partial charge in [-0.1, -0.05) is 0 Å². The lowest BCUT2D eigenvalue weighted by Gasteiger charge is -2.30. The highest BCUT2D eigenvalue weighted by atomic mass is 16.5. The van der Waals surface area contributed by atoms with Crippen LogP contribution in [0.2, 0.25) is 0 Å². The number of amides is 1. The number of rotatable bonds is 4. The molecular weight excluding hydrogens is 258 g/mol. The Morgan fingerprint density at radius 2 is 2.25 bits per heavy atom. The lowest BCUT2D eigenvalue weighted by atomic mass is 10.2. The molecule has 106 valence electrons. The fourth-order valence-corrected chi connectivity index (χ4v) is 2.10. The summed E-state index contributed by atoms with van der Waals surface area (Å²) in [7, 11) is 1.60. The molecule has 0 bridgehead atoms. The Morgan fingerprint density at radius 3 is 2.90 bits per heavy atom. The van der Waals surface area contributed by atoms with E-state index in [1.54, 1.807) is 13.2 Å². The lowest BCUT2D eigenvalue weighted by Crippen LogP contribution is -2.36. The second-order valence-electron chi connectivity index (χ2n) is 4.37. The van der Waals surface area contributed by atoms with Crippen molar-refractivity contribution in [2.75, 3.05) is 43.6 Å². The predicted octanol–water partition coefficient (Wildman–Crippen LogP) is 1.38. The van der Waals surface area contributed by atoms with Crippen molar-refractivity contribution in [3.05, 3.63) is 18.2 Å². The largest absolute Gasteiger partial charge is 0.495 e. The monoisotopic (exact) mass is 275 g/mol. The molecule has 1 aliphatic rings. The third-order valence-electron chi connectivity index (χ3n) is 3.05. The normalized spacial score (nSPS) is 14.5. The third-order valence-corrected chi connectivity index (χ3v) is 3.05. The van der Waals surface area contributed by atoms with Crippen LogP contribution >= 0.6 is 0 Å². The van der Waals surface area contributed by atoms with Crippen LogP contribution in [0, 0.1) is 11.3 Å². The van der Waals surface area contributed by atoms with Crippen molar-refractivity contribution < 1.29 is 14.3 Å². The van der Waals surface area contributed by atoms with E-state index in [1.807, 2.05) is 18.2 Å². The highest BCUT2D eigenvalue weighted by Crippen LogP contribution is 2.31. The second kappa shape index (κ2) is 6.78. The molecule has 2 rings (SSSR count). The summed E-state index contributed by atoms with van der Waals surface area (Å²) in [5, 5.41) is 11.1. The molecule has 1 N–H and O–H groups in total. The number of benzene rings is 1. The molecule has 1 aromatic rings. The number of methoxy groups -OCH3 is 1. The van der Waals surface area contributed by atoms with Crippen molar-refractivity contribution in [1.29, 1.82) is 5.26 Å². The molecular formula is C14H17N3O3. The summed E-state index contributed by atoms with van der Waals surface area (Å²) in [5.74, 6) is 0.371. The maximum atomic E-state index is 11.4. The molecule has 0 radical (unpaired) electrons. The van der Waals surface area contributed by atoms with Crippen LogP contribution in [-0.2, 0) is 9.53 Å². The maximum Gasteiger partial charge on any atom is 0.238 e. The molecule has 6 heteroatoms. The van der Waals surface area contributed by atoms with Crippen molar-refractivity contribution in [1.82, 2.24) is 0 Å². The quantitative estimate of drug-likeness (QED) is 0.898. The zero-order chi connectivity index (χ0) is 14.4. The Morgan fingerprint density at radius 1 is 1.50 bits per heavy atom. The minimum Gasteiger partial charge on any atom is -0.495 e. The third kappa shape index (κ3) is 3.39. The molecule has 1 amide bonds. The summed E-state index contributed by atoms with van der Waals surface area (Å²) >= 11 is 0. The van der Waals surface area contributed by atoms with Crippen molar-refractivity contribution in [3.8, 4) is 11.8 Å². The number of nitrogens with one attached hydrogen (secondary N) is 1. The number of hydrogen-bond acceptors (Lipinski definition) is 5. The van der Waals surface area contributed by atoms with Gasteiger partial charge in [0.25, 0.3) is 0 Å². The summed E-state index contributed by atoms with van der Waals surface area (Å²) < 4.78 is 10.7. The summed E-state index contributed by atoms with van der Waals surface area (Å²) in [6.07, 6.45) is -0.159. The highest BCUT2D eigenvalue weighted by molar-refractivity contribution is 5.92. The van der Waals surface area contributed by atoms with Crippen LogP contribution in [-0.4, -0.2) is 39.3 Å². The van der Waals surface area contributed by atoms with Crippen LogP contribution < -0.4 is 15.0 Å². The molecule has 1 saturated heterocycles. The molecule has 0 spiro atoms. The molecule has 0 saturated carbocycles. The topological polar surface area (TPSA) is 74.6 Å². The van der Waals surface area contributed by atoms with Crippen molar-refractivity contribution in [2.24, 2.45) is 0 Å². The Bertz CT molecular complexity index is 519. The first-order valence-electron chi connectivity index (χ1n) is 6.42. The van der Waals surface area contributed by atoms with E-state index in [4.69, 9.17) is 14.7 Å². The van der Waals surface area contributed by atoms with E-state index in [0.717, 1.165) is 18.8 Å². The number of carbonyl (C=O) groups excluding carboxylic acids is 1. The average Bonchev–Trinajstić information content (AvgIpc) is 2.48. The van der Waals surface area contributed by atoms with Crippen LogP contribution in [0.4, 0.5) is 11.4 Å². The van der Waals surface area contributed by atoms with E-state index >= 15 is 0 Å². The Kier molecular flexibility index (Phi) is 4.80. The first kappa shape index (κ1) is 14.2. The zero-order valence-corrected chi connectivity index (χ0v) is 11.4.